The molecule has 0 fully saturated rings. The van der Waals surface area contributed by atoms with E-state index in [9.17, 15) is 0 Å². The second kappa shape index (κ2) is 3.58. The molecule has 0 N–H and O–H groups in total. The molecule has 0 aliphatic rings. The summed E-state index contributed by atoms with van der Waals surface area (Å²) in [6.45, 7) is 4.01. The molecule has 0 aromatic carbocycles. The first-order chi connectivity index (χ1) is 6.75. The SMILES string of the molecule is Cc1ccc(-c2cccc(C)n2)nc1. The summed E-state index contributed by atoms with van der Waals surface area (Å²) in [5, 5.41) is 0. The van der Waals surface area contributed by atoms with Gasteiger partial charge in [-0.1, -0.05) is 12.1 Å². The highest BCUT2D eigenvalue weighted by atomic mass is 14.8. The van der Waals surface area contributed by atoms with Gasteiger partial charge in [0.05, 0.1) is 11.4 Å². The summed E-state index contributed by atoms with van der Waals surface area (Å²) in [4.78, 5) is 8.74. The van der Waals surface area contributed by atoms with Crippen LogP contribution in [0.25, 0.3) is 11.4 Å². The van der Waals surface area contributed by atoms with Gasteiger partial charge in [0.1, 0.15) is 0 Å². The molecule has 2 heteroatoms. The van der Waals surface area contributed by atoms with Crippen LogP contribution in [0.3, 0.4) is 0 Å². The van der Waals surface area contributed by atoms with Gasteiger partial charge in [0, 0.05) is 11.9 Å². The van der Waals surface area contributed by atoms with Crippen molar-refractivity contribution in [1.29, 1.82) is 0 Å². The summed E-state index contributed by atoms with van der Waals surface area (Å²) in [7, 11) is 0. The highest BCUT2D eigenvalue weighted by Crippen LogP contribution is 2.14. The highest BCUT2D eigenvalue weighted by molar-refractivity contribution is 5.53. The summed E-state index contributed by atoms with van der Waals surface area (Å²) in [5.74, 6) is 0. The maximum atomic E-state index is 4.41. The van der Waals surface area contributed by atoms with Crippen LogP contribution in [-0.2, 0) is 0 Å². The first kappa shape index (κ1) is 8.88. The summed E-state index contributed by atoms with van der Waals surface area (Å²) >= 11 is 0. The van der Waals surface area contributed by atoms with Crippen molar-refractivity contribution in [2.75, 3.05) is 0 Å². The first-order valence-electron chi connectivity index (χ1n) is 4.62. The summed E-state index contributed by atoms with van der Waals surface area (Å²) < 4.78 is 0. The van der Waals surface area contributed by atoms with Gasteiger partial charge in [-0.15, -0.1) is 0 Å². The molecule has 0 unspecified atom stereocenters. The van der Waals surface area contributed by atoms with E-state index in [0.717, 1.165) is 17.1 Å². The maximum absolute atomic E-state index is 4.41. The molecule has 0 aliphatic heterocycles. The summed E-state index contributed by atoms with van der Waals surface area (Å²) in [6, 6.07) is 10.0. The van der Waals surface area contributed by atoms with Crippen molar-refractivity contribution in [2.45, 2.75) is 13.8 Å². The Morgan fingerprint density at radius 1 is 0.929 bits per heavy atom. The topological polar surface area (TPSA) is 25.8 Å². The number of aromatic nitrogens is 2. The lowest BCUT2D eigenvalue weighted by Gasteiger charge is -2.00. The molecule has 2 heterocycles. The fourth-order valence-corrected chi connectivity index (χ4v) is 1.31. The molecule has 70 valence electrons. The number of rotatable bonds is 1. The fourth-order valence-electron chi connectivity index (χ4n) is 1.31. The van der Waals surface area contributed by atoms with Crippen LogP contribution < -0.4 is 0 Å². The van der Waals surface area contributed by atoms with Gasteiger partial charge < -0.3 is 0 Å². The number of aryl methyl sites for hydroxylation is 2. The van der Waals surface area contributed by atoms with Crippen molar-refractivity contribution >= 4 is 0 Å². The van der Waals surface area contributed by atoms with E-state index in [1.807, 2.05) is 50.4 Å². The van der Waals surface area contributed by atoms with Crippen LogP contribution in [0.15, 0.2) is 36.5 Å². The number of nitrogens with zero attached hydrogens (tertiary/aromatic N) is 2. The van der Waals surface area contributed by atoms with Gasteiger partial charge >= 0.3 is 0 Å². The van der Waals surface area contributed by atoms with E-state index in [1.54, 1.807) is 0 Å². The van der Waals surface area contributed by atoms with Crippen LogP contribution in [0.4, 0.5) is 0 Å². The fraction of sp³-hybridized carbons (Fsp3) is 0.167. The second-order valence-electron chi connectivity index (χ2n) is 3.38. The molecule has 0 saturated heterocycles. The minimum absolute atomic E-state index is 0.930. The molecule has 2 aromatic heterocycles. The predicted octanol–water partition coefficient (Wildman–Crippen LogP) is 2.76. The van der Waals surface area contributed by atoms with Gasteiger partial charge in [0.2, 0.25) is 0 Å². The van der Waals surface area contributed by atoms with Crippen LogP contribution >= 0.6 is 0 Å². The Labute approximate surface area is 83.7 Å². The highest BCUT2D eigenvalue weighted by Gasteiger charge is 1.99. The lowest BCUT2D eigenvalue weighted by atomic mass is 10.2. The molecular formula is C12H12N2. The third kappa shape index (κ3) is 1.79. The number of hydrogen-bond acceptors (Lipinski definition) is 2. The van der Waals surface area contributed by atoms with Crippen molar-refractivity contribution in [2.24, 2.45) is 0 Å². The number of hydrogen-bond donors (Lipinski definition) is 0. The van der Waals surface area contributed by atoms with E-state index in [-0.39, 0.29) is 0 Å². The molecule has 2 nitrogen and oxygen atoms in total. The molecule has 14 heavy (non-hydrogen) atoms. The minimum Gasteiger partial charge on any atom is -0.254 e. The Kier molecular flexibility index (Phi) is 2.27. The minimum atomic E-state index is 0.930. The van der Waals surface area contributed by atoms with Crippen LogP contribution in [-0.4, -0.2) is 9.97 Å². The summed E-state index contributed by atoms with van der Waals surface area (Å²) in [6.07, 6.45) is 1.86. The Morgan fingerprint density at radius 3 is 2.43 bits per heavy atom. The zero-order chi connectivity index (χ0) is 9.97. The Morgan fingerprint density at radius 2 is 1.79 bits per heavy atom. The molecule has 0 bridgehead atoms. The normalized spacial score (nSPS) is 10.1. The number of pyridine rings is 2. The van der Waals surface area contributed by atoms with Crippen molar-refractivity contribution in [1.82, 2.24) is 9.97 Å². The van der Waals surface area contributed by atoms with E-state index < -0.39 is 0 Å². The van der Waals surface area contributed by atoms with Crippen molar-refractivity contribution < 1.29 is 0 Å². The Hall–Kier alpha value is -1.70. The average molecular weight is 184 g/mol. The van der Waals surface area contributed by atoms with Gasteiger partial charge in [-0.3, -0.25) is 9.97 Å². The molecular weight excluding hydrogens is 172 g/mol. The molecule has 0 amide bonds. The molecule has 0 aliphatic carbocycles. The quantitative estimate of drug-likeness (QED) is 0.681. The van der Waals surface area contributed by atoms with E-state index >= 15 is 0 Å². The Bertz CT molecular complexity index is 432. The van der Waals surface area contributed by atoms with Crippen molar-refractivity contribution in [3.63, 3.8) is 0 Å². The van der Waals surface area contributed by atoms with E-state index in [4.69, 9.17) is 0 Å². The lowest BCUT2D eigenvalue weighted by molar-refractivity contribution is 1.17. The van der Waals surface area contributed by atoms with Gasteiger partial charge in [0.25, 0.3) is 0 Å². The van der Waals surface area contributed by atoms with Crippen LogP contribution in [0.1, 0.15) is 11.3 Å². The lowest BCUT2D eigenvalue weighted by Crippen LogP contribution is -1.89. The third-order valence-corrected chi connectivity index (χ3v) is 2.06. The van der Waals surface area contributed by atoms with Gasteiger partial charge in [-0.05, 0) is 37.6 Å². The van der Waals surface area contributed by atoms with E-state index in [1.165, 1.54) is 5.56 Å². The first-order valence-corrected chi connectivity index (χ1v) is 4.62. The average Bonchev–Trinajstić information content (AvgIpc) is 2.19. The molecule has 0 spiro atoms. The van der Waals surface area contributed by atoms with Gasteiger partial charge in [-0.25, -0.2) is 0 Å². The standard InChI is InChI=1S/C12H12N2/c1-9-6-7-11(13-8-9)12-5-3-4-10(2)14-12/h3-8H,1-2H3. The van der Waals surface area contributed by atoms with Crippen LogP contribution in [0.5, 0.6) is 0 Å². The molecule has 2 aromatic rings. The van der Waals surface area contributed by atoms with Gasteiger partial charge in [0.15, 0.2) is 0 Å². The third-order valence-electron chi connectivity index (χ3n) is 2.06. The van der Waals surface area contributed by atoms with Crippen LogP contribution in [0, 0.1) is 13.8 Å². The molecule has 0 atom stereocenters. The van der Waals surface area contributed by atoms with Crippen molar-refractivity contribution in [3.05, 3.63) is 47.8 Å². The smallest absolute Gasteiger partial charge is 0.0889 e. The van der Waals surface area contributed by atoms with E-state index in [0.29, 0.717) is 0 Å². The molecule has 0 saturated carbocycles. The maximum Gasteiger partial charge on any atom is 0.0889 e. The zero-order valence-corrected chi connectivity index (χ0v) is 8.36. The summed E-state index contributed by atoms with van der Waals surface area (Å²) in [5.41, 5.74) is 4.05. The largest absolute Gasteiger partial charge is 0.254 e. The molecule has 2 rings (SSSR count). The van der Waals surface area contributed by atoms with Crippen LogP contribution in [0.2, 0.25) is 0 Å². The Balaban J connectivity index is 2.44. The second-order valence-corrected chi connectivity index (χ2v) is 3.38. The van der Waals surface area contributed by atoms with Crippen molar-refractivity contribution in [3.8, 4) is 11.4 Å². The monoisotopic (exact) mass is 184 g/mol. The van der Waals surface area contributed by atoms with E-state index in [2.05, 4.69) is 9.97 Å². The van der Waals surface area contributed by atoms with Gasteiger partial charge in [-0.2, -0.15) is 0 Å². The predicted molar refractivity (Wildman–Crippen MR) is 56.9 cm³/mol. The molecule has 0 radical (unpaired) electrons. The zero-order valence-electron chi connectivity index (χ0n) is 8.36.